The number of rotatable bonds is 3. The SMILES string of the molecule is CC1CCNC1C(=O)NCc1ccccc1C(F)(F)F. The number of halogens is 3. The van der Waals surface area contributed by atoms with Crippen molar-refractivity contribution in [3.63, 3.8) is 0 Å². The van der Waals surface area contributed by atoms with Gasteiger partial charge in [0.2, 0.25) is 5.91 Å². The first kappa shape index (κ1) is 14.8. The first-order valence-corrected chi connectivity index (χ1v) is 6.56. The largest absolute Gasteiger partial charge is 0.416 e. The Morgan fingerprint density at radius 3 is 2.70 bits per heavy atom. The quantitative estimate of drug-likeness (QED) is 0.895. The molecule has 6 heteroatoms. The zero-order chi connectivity index (χ0) is 14.8. The Balaban J connectivity index is 2.03. The second-order valence-electron chi connectivity index (χ2n) is 5.07. The second-order valence-corrected chi connectivity index (χ2v) is 5.07. The topological polar surface area (TPSA) is 41.1 Å². The number of carbonyl (C=O) groups is 1. The Bertz CT molecular complexity index is 488. The van der Waals surface area contributed by atoms with Crippen LogP contribution in [0.4, 0.5) is 13.2 Å². The Morgan fingerprint density at radius 1 is 1.40 bits per heavy atom. The third kappa shape index (κ3) is 3.30. The average Bonchev–Trinajstić information content (AvgIpc) is 2.81. The van der Waals surface area contributed by atoms with Gasteiger partial charge in [0.25, 0.3) is 0 Å². The molecule has 0 aliphatic carbocycles. The van der Waals surface area contributed by atoms with E-state index in [2.05, 4.69) is 10.6 Å². The summed E-state index contributed by atoms with van der Waals surface area (Å²) >= 11 is 0. The van der Waals surface area contributed by atoms with Gasteiger partial charge in [-0.1, -0.05) is 25.1 Å². The minimum atomic E-state index is -4.40. The van der Waals surface area contributed by atoms with Crippen molar-refractivity contribution in [3.05, 3.63) is 35.4 Å². The van der Waals surface area contributed by atoms with Gasteiger partial charge in [0, 0.05) is 6.54 Å². The molecule has 1 aliphatic heterocycles. The number of hydrogen-bond donors (Lipinski definition) is 2. The summed E-state index contributed by atoms with van der Waals surface area (Å²) in [6.45, 7) is 2.60. The molecule has 1 fully saturated rings. The van der Waals surface area contributed by atoms with Gasteiger partial charge in [0.1, 0.15) is 0 Å². The standard InChI is InChI=1S/C14H17F3N2O/c1-9-6-7-18-12(9)13(20)19-8-10-4-2-3-5-11(10)14(15,16)17/h2-5,9,12,18H,6-8H2,1H3,(H,19,20). The van der Waals surface area contributed by atoms with Gasteiger partial charge in [-0.25, -0.2) is 0 Å². The molecule has 0 aromatic heterocycles. The van der Waals surface area contributed by atoms with E-state index in [1.165, 1.54) is 18.2 Å². The van der Waals surface area contributed by atoms with Crippen LogP contribution in [0.25, 0.3) is 0 Å². The van der Waals surface area contributed by atoms with Crippen molar-refractivity contribution in [3.8, 4) is 0 Å². The molecule has 1 aromatic rings. The van der Waals surface area contributed by atoms with E-state index >= 15 is 0 Å². The number of amides is 1. The van der Waals surface area contributed by atoms with Crippen molar-refractivity contribution in [1.82, 2.24) is 10.6 Å². The van der Waals surface area contributed by atoms with Gasteiger partial charge < -0.3 is 10.6 Å². The second kappa shape index (κ2) is 5.83. The van der Waals surface area contributed by atoms with Crippen LogP contribution in [0, 0.1) is 5.92 Å². The fraction of sp³-hybridized carbons (Fsp3) is 0.500. The lowest BCUT2D eigenvalue weighted by Gasteiger charge is -2.17. The summed E-state index contributed by atoms with van der Waals surface area (Å²) < 4.78 is 38.4. The van der Waals surface area contributed by atoms with Crippen LogP contribution in [-0.2, 0) is 17.5 Å². The van der Waals surface area contributed by atoms with E-state index in [0.717, 1.165) is 19.0 Å². The number of nitrogens with one attached hydrogen (secondary N) is 2. The van der Waals surface area contributed by atoms with Crippen LogP contribution in [0.2, 0.25) is 0 Å². The van der Waals surface area contributed by atoms with Crippen LogP contribution < -0.4 is 10.6 Å². The minimum absolute atomic E-state index is 0.0824. The molecule has 0 radical (unpaired) electrons. The van der Waals surface area contributed by atoms with E-state index in [0.29, 0.717) is 0 Å². The van der Waals surface area contributed by atoms with Crippen LogP contribution in [0.5, 0.6) is 0 Å². The zero-order valence-corrected chi connectivity index (χ0v) is 11.1. The lowest BCUT2D eigenvalue weighted by Crippen LogP contribution is -2.43. The normalized spacial score (nSPS) is 22.8. The Morgan fingerprint density at radius 2 is 2.10 bits per heavy atom. The lowest BCUT2D eigenvalue weighted by molar-refractivity contribution is -0.138. The van der Waals surface area contributed by atoms with E-state index in [1.807, 2.05) is 6.92 Å². The highest BCUT2D eigenvalue weighted by Crippen LogP contribution is 2.31. The highest BCUT2D eigenvalue weighted by atomic mass is 19.4. The van der Waals surface area contributed by atoms with Crippen molar-refractivity contribution in [2.45, 2.75) is 32.1 Å². The Hall–Kier alpha value is -1.56. The number of carbonyl (C=O) groups excluding carboxylic acids is 1. The molecule has 1 aromatic carbocycles. The van der Waals surface area contributed by atoms with Crippen LogP contribution in [0.15, 0.2) is 24.3 Å². The van der Waals surface area contributed by atoms with Crippen molar-refractivity contribution >= 4 is 5.91 Å². The fourth-order valence-electron chi connectivity index (χ4n) is 2.43. The zero-order valence-electron chi connectivity index (χ0n) is 11.1. The summed E-state index contributed by atoms with van der Waals surface area (Å²) in [5.41, 5.74) is -0.619. The maximum Gasteiger partial charge on any atom is 0.416 e. The summed E-state index contributed by atoms with van der Waals surface area (Å²) in [6, 6.07) is 4.97. The minimum Gasteiger partial charge on any atom is -0.351 e. The summed E-state index contributed by atoms with van der Waals surface area (Å²) in [5, 5.41) is 5.64. The Labute approximate surface area is 115 Å². The van der Waals surface area contributed by atoms with Gasteiger partial charge in [-0.2, -0.15) is 13.2 Å². The van der Waals surface area contributed by atoms with Crippen molar-refractivity contribution in [2.75, 3.05) is 6.54 Å². The van der Waals surface area contributed by atoms with Crippen LogP contribution in [-0.4, -0.2) is 18.5 Å². The molecule has 3 nitrogen and oxygen atoms in total. The fourth-order valence-corrected chi connectivity index (χ4v) is 2.43. The van der Waals surface area contributed by atoms with E-state index < -0.39 is 11.7 Å². The molecule has 0 bridgehead atoms. The number of hydrogen-bond acceptors (Lipinski definition) is 2. The van der Waals surface area contributed by atoms with Crippen molar-refractivity contribution in [1.29, 1.82) is 0 Å². The first-order chi connectivity index (χ1) is 9.39. The molecule has 0 spiro atoms. The highest BCUT2D eigenvalue weighted by molar-refractivity contribution is 5.82. The van der Waals surface area contributed by atoms with Gasteiger partial charge in [-0.3, -0.25) is 4.79 Å². The van der Waals surface area contributed by atoms with Crippen molar-refractivity contribution in [2.24, 2.45) is 5.92 Å². The molecule has 110 valence electrons. The monoisotopic (exact) mass is 286 g/mol. The first-order valence-electron chi connectivity index (χ1n) is 6.56. The van der Waals surface area contributed by atoms with Crippen LogP contribution >= 0.6 is 0 Å². The summed E-state index contributed by atoms with van der Waals surface area (Å²) in [6.07, 6.45) is -3.50. The number of alkyl halides is 3. The summed E-state index contributed by atoms with van der Waals surface area (Å²) in [4.78, 5) is 11.9. The lowest BCUT2D eigenvalue weighted by atomic mass is 10.0. The van der Waals surface area contributed by atoms with Gasteiger partial charge in [-0.05, 0) is 30.5 Å². The molecule has 1 aliphatic rings. The predicted molar refractivity (Wildman–Crippen MR) is 68.9 cm³/mol. The van der Waals surface area contributed by atoms with Crippen LogP contribution in [0.3, 0.4) is 0 Å². The van der Waals surface area contributed by atoms with Crippen molar-refractivity contribution < 1.29 is 18.0 Å². The molecule has 2 rings (SSSR count). The number of benzene rings is 1. The summed E-state index contributed by atoms with van der Waals surface area (Å²) in [7, 11) is 0. The molecule has 2 atom stereocenters. The van der Waals surface area contributed by atoms with E-state index in [4.69, 9.17) is 0 Å². The molecule has 2 N–H and O–H groups in total. The molecule has 1 heterocycles. The third-order valence-corrected chi connectivity index (χ3v) is 3.59. The molecule has 0 saturated carbocycles. The highest BCUT2D eigenvalue weighted by Gasteiger charge is 2.33. The molecule has 1 saturated heterocycles. The van der Waals surface area contributed by atoms with Gasteiger partial charge >= 0.3 is 6.18 Å². The smallest absolute Gasteiger partial charge is 0.351 e. The molecular formula is C14H17F3N2O. The molecule has 2 unspecified atom stereocenters. The van der Waals surface area contributed by atoms with Gasteiger partial charge in [-0.15, -0.1) is 0 Å². The molecule has 1 amide bonds. The third-order valence-electron chi connectivity index (χ3n) is 3.59. The summed E-state index contributed by atoms with van der Waals surface area (Å²) in [5.74, 6) is -0.0418. The Kier molecular flexibility index (Phi) is 4.32. The maximum atomic E-state index is 12.8. The van der Waals surface area contributed by atoms with Gasteiger partial charge in [0.05, 0.1) is 11.6 Å². The maximum absolute atomic E-state index is 12.8. The molecule has 20 heavy (non-hydrogen) atoms. The van der Waals surface area contributed by atoms with E-state index in [1.54, 1.807) is 0 Å². The predicted octanol–water partition coefficient (Wildman–Crippen LogP) is 2.32. The average molecular weight is 286 g/mol. The van der Waals surface area contributed by atoms with E-state index in [-0.39, 0.29) is 30.0 Å². The van der Waals surface area contributed by atoms with E-state index in [9.17, 15) is 18.0 Å². The van der Waals surface area contributed by atoms with Gasteiger partial charge in [0.15, 0.2) is 0 Å². The molecular weight excluding hydrogens is 269 g/mol. The van der Waals surface area contributed by atoms with Crippen LogP contribution in [0.1, 0.15) is 24.5 Å².